The van der Waals surface area contributed by atoms with Gasteiger partial charge in [-0.15, -0.1) is 5.75 Å². The normalized spacial score (nSPS) is 7.50. The van der Waals surface area contributed by atoms with Gasteiger partial charge in [-0.05, 0) is 6.07 Å². The molecule has 1 aromatic carbocycles. The van der Waals surface area contributed by atoms with Crippen molar-refractivity contribution in [2.24, 2.45) is 0 Å². The van der Waals surface area contributed by atoms with Gasteiger partial charge in [0.05, 0.1) is 11.6 Å². The van der Waals surface area contributed by atoms with Crippen LogP contribution >= 0.6 is 0 Å². The van der Waals surface area contributed by atoms with Crippen LogP contribution in [0.3, 0.4) is 0 Å². The fraction of sp³-hybridized carbons (Fsp3) is 0. The first-order chi connectivity index (χ1) is 4.33. The van der Waals surface area contributed by atoms with Crippen molar-refractivity contribution in [3.8, 4) is 11.8 Å². The van der Waals surface area contributed by atoms with Crippen LogP contribution in [0, 0.1) is 11.3 Å². The number of rotatable bonds is 0. The molecular formula is C7H4LiNO. The van der Waals surface area contributed by atoms with E-state index >= 15 is 0 Å². The molecule has 0 N–H and O–H groups in total. The third-order valence-corrected chi connectivity index (χ3v) is 0.963. The molecule has 0 aliphatic heterocycles. The first-order valence-electron chi connectivity index (χ1n) is 2.50. The van der Waals surface area contributed by atoms with E-state index in [2.05, 4.69) is 0 Å². The van der Waals surface area contributed by atoms with Crippen LogP contribution in [0.15, 0.2) is 24.3 Å². The average molecular weight is 125 g/mol. The first-order valence-corrected chi connectivity index (χ1v) is 2.50. The summed E-state index contributed by atoms with van der Waals surface area (Å²) in [6.07, 6.45) is 0. The van der Waals surface area contributed by atoms with Gasteiger partial charge in [0.15, 0.2) is 0 Å². The Balaban J connectivity index is 0.000000810. The second kappa shape index (κ2) is 4.01. The van der Waals surface area contributed by atoms with E-state index in [-0.39, 0.29) is 24.6 Å². The molecule has 0 atom stereocenters. The second-order valence-corrected chi connectivity index (χ2v) is 1.64. The molecule has 0 aliphatic rings. The minimum atomic E-state index is -0.117. The maximum Gasteiger partial charge on any atom is 1.00 e. The van der Waals surface area contributed by atoms with Gasteiger partial charge < -0.3 is 5.11 Å². The molecule has 1 rings (SSSR count). The van der Waals surface area contributed by atoms with Crippen molar-refractivity contribution >= 4 is 0 Å². The molecule has 1 aromatic rings. The smallest absolute Gasteiger partial charge is 0.872 e. The van der Waals surface area contributed by atoms with Crippen LogP contribution in [0.25, 0.3) is 0 Å². The van der Waals surface area contributed by atoms with E-state index in [1.165, 1.54) is 12.1 Å². The van der Waals surface area contributed by atoms with E-state index in [1.807, 2.05) is 6.07 Å². The molecule has 0 radical (unpaired) electrons. The van der Waals surface area contributed by atoms with E-state index in [1.54, 1.807) is 12.1 Å². The summed E-state index contributed by atoms with van der Waals surface area (Å²) >= 11 is 0. The van der Waals surface area contributed by atoms with Crippen LogP contribution in [-0.2, 0) is 0 Å². The molecule has 3 heteroatoms. The Kier molecular flexibility index (Phi) is 3.65. The molecule has 0 aliphatic carbocycles. The number of nitriles is 1. The summed E-state index contributed by atoms with van der Waals surface area (Å²) in [6, 6.07) is 7.76. The van der Waals surface area contributed by atoms with E-state index < -0.39 is 0 Å². The van der Waals surface area contributed by atoms with Gasteiger partial charge in [-0.1, -0.05) is 18.2 Å². The monoisotopic (exact) mass is 125 g/mol. The average Bonchev–Trinajstić information content (AvgIpc) is 1.88. The van der Waals surface area contributed by atoms with Crippen molar-refractivity contribution < 1.29 is 24.0 Å². The Bertz CT molecular complexity index is 254. The summed E-state index contributed by atoms with van der Waals surface area (Å²) in [4.78, 5) is 0. The molecule has 0 heterocycles. The van der Waals surface area contributed by atoms with Crippen molar-refractivity contribution in [3.05, 3.63) is 29.8 Å². The van der Waals surface area contributed by atoms with E-state index in [4.69, 9.17) is 5.26 Å². The van der Waals surface area contributed by atoms with Crippen molar-refractivity contribution in [2.75, 3.05) is 0 Å². The van der Waals surface area contributed by atoms with E-state index in [0.29, 0.717) is 5.56 Å². The predicted molar refractivity (Wildman–Crippen MR) is 30.6 cm³/mol. The zero-order valence-electron chi connectivity index (χ0n) is 5.66. The number of hydrogen-bond donors (Lipinski definition) is 0. The van der Waals surface area contributed by atoms with Crippen molar-refractivity contribution in [3.63, 3.8) is 0 Å². The molecule has 0 spiro atoms. The van der Waals surface area contributed by atoms with Crippen molar-refractivity contribution in [2.45, 2.75) is 0 Å². The van der Waals surface area contributed by atoms with Gasteiger partial charge in [-0.2, -0.15) is 5.26 Å². The quantitative estimate of drug-likeness (QED) is 0.364. The maximum absolute atomic E-state index is 10.5. The zero-order chi connectivity index (χ0) is 6.69. The fourth-order valence-electron chi connectivity index (χ4n) is 0.566. The summed E-state index contributed by atoms with van der Waals surface area (Å²) in [5, 5.41) is 18.8. The van der Waals surface area contributed by atoms with Crippen molar-refractivity contribution in [1.82, 2.24) is 0 Å². The van der Waals surface area contributed by atoms with E-state index in [0.717, 1.165) is 0 Å². The van der Waals surface area contributed by atoms with Gasteiger partial charge in [-0.3, -0.25) is 0 Å². The molecular weight excluding hydrogens is 121 g/mol. The summed E-state index contributed by atoms with van der Waals surface area (Å²) < 4.78 is 0. The fourth-order valence-corrected chi connectivity index (χ4v) is 0.566. The van der Waals surface area contributed by atoms with Crippen LogP contribution in [0.1, 0.15) is 5.56 Å². The van der Waals surface area contributed by atoms with Gasteiger partial charge in [-0.25, -0.2) is 0 Å². The summed E-state index contributed by atoms with van der Waals surface area (Å²) in [6.45, 7) is 0. The molecule has 0 fully saturated rings. The summed E-state index contributed by atoms with van der Waals surface area (Å²) in [7, 11) is 0. The molecule has 0 amide bonds. The van der Waals surface area contributed by atoms with Crippen LogP contribution in [0.2, 0.25) is 0 Å². The molecule has 0 saturated heterocycles. The van der Waals surface area contributed by atoms with Gasteiger partial charge in [0.1, 0.15) is 0 Å². The van der Waals surface area contributed by atoms with Crippen LogP contribution < -0.4 is 24.0 Å². The Morgan fingerprint density at radius 1 is 1.40 bits per heavy atom. The molecule has 0 bridgehead atoms. The Morgan fingerprint density at radius 3 is 2.50 bits per heavy atom. The van der Waals surface area contributed by atoms with Crippen LogP contribution in [-0.4, -0.2) is 0 Å². The number of hydrogen-bond acceptors (Lipinski definition) is 2. The third-order valence-electron chi connectivity index (χ3n) is 0.963. The first kappa shape index (κ1) is 9.11. The van der Waals surface area contributed by atoms with Crippen LogP contribution in [0.4, 0.5) is 0 Å². The summed E-state index contributed by atoms with van der Waals surface area (Å²) in [5.74, 6) is -0.117. The maximum atomic E-state index is 10.5. The molecule has 44 valence electrons. The minimum Gasteiger partial charge on any atom is -0.872 e. The predicted octanol–water partition coefficient (Wildman–Crippen LogP) is -2.36. The largest absolute Gasteiger partial charge is 1.00 e. The topological polar surface area (TPSA) is 46.8 Å². The molecule has 0 unspecified atom stereocenters. The van der Waals surface area contributed by atoms with Crippen LogP contribution in [0.5, 0.6) is 5.75 Å². The Hall–Kier alpha value is -0.893. The minimum absolute atomic E-state index is 0. The molecule has 0 aromatic heterocycles. The zero-order valence-corrected chi connectivity index (χ0v) is 5.66. The molecule has 10 heavy (non-hydrogen) atoms. The van der Waals surface area contributed by atoms with Gasteiger partial charge in [0.2, 0.25) is 0 Å². The molecule has 2 nitrogen and oxygen atoms in total. The van der Waals surface area contributed by atoms with Gasteiger partial charge in [0.25, 0.3) is 0 Å². The standard InChI is InChI=1S/C7H5NO.Li/c8-5-6-2-1-3-7(9)4-6;/h1-4,9H;/q;+1/p-1. The summed E-state index contributed by atoms with van der Waals surface area (Å²) in [5.41, 5.74) is 0.419. The molecule has 0 saturated carbocycles. The Labute approximate surface area is 71.3 Å². The van der Waals surface area contributed by atoms with E-state index in [9.17, 15) is 5.11 Å². The Morgan fingerprint density at radius 2 is 2.10 bits per heavy atom. The SMILES string of the molecule is N#Cc1cccc([O-])c1.[Li+]. The van der Waals surface area contributed by atoms with Gasteiger partial charge in [0, 0.05) is 0 Å². The second-order valence-electron chi connectivity index (χ2n) is 1.64. The van der Waals surface area contributed by atoms with Crippen molar-refractivity contribution in [1.29, 1.82) is 5.26 Å². The van der Waals surface area contributed by atoms with Gasteiger partial charge >= 0.3 is 18.9 Å². The number of nitrogens with zero attached hydrogens (tertiary/aromatic N) is 1. The third kappa shape index (κ3) is 2.15. The number of benzene rings is 1.